The highest BCUT2D eigenvalue weighted by molar-refractivity contribution is 5.76. The molecule has 0 saturated carbocycles. The SMILES string of the molecule is CC/C=C\C/C=C\C/C=C\C/C=C\C/C=C\C/C=C\C/C=C\C/C=C\C/C=C\C/C=C\CCCCCCC(=O)NC(CO)C(O)/C=C/CC/C=C/CCCCCCCCCCCCCCCCCCCCCCCCCCC. The summed E-state index contributed by atoms with van der Waals surface area (Å²) in [5.41, 5.74) is 0. The summed E-state index contributed by atoms with van der Waals surface area (Å²) in [4.78, 5) is 12.5. The third-order valence-corrected chi connectivity index (χ3v) is 14.3. The van der Waals surface area contributed by atoms with E-state index in [4.69, 9.17) is 0 Å². The molecule has 3 N–H and O–H groups in total. The van der Waals surface area contributed by atoms with Gasteiger partial charge in [0.2, 0.25) is 5.91 Å². The Bertz CT molecular complexity index is 1600. The van der Waals surface area contributed by atoms with E-state index in [-0.39, 0.29) is 12.5 Å². The van der Waals surface area contributed by atoms with E-state index in [1.54, 1.807) is 6.08 Å². The first kappa shape index (κ1) is 74.3. The first-order valence-electron chi connectivity index (χ1n) is 33.0. The molecule has 2 atom stereocenters. The predicted molar refractivity (Wildman–Crippen MR) is 349 cm³/mol. The summed E-state index contributed by atoms with van der Waals surface area (Å²) < 4.78 is 0. The fraction of sp³-hybridized carbons (Fsp3) is 0.662. The van der Waals surface area contributed by atoms with Crippen LogP contribution in [-0.2, 0) is 4.79 Å². The topological polar surface area (TPSA) is 69.6 Å². The monoisotopic (exact) mass is 1080 g/mol. The van der Waals surface area contributed by atoms with E-state index in [2.05, 4.69) is 153 Å². The van der Waals surface area contributed by atoms with Crippen molar-refractivity contribution in [2.24, 2.45) is 0 Å². The minimum Gasteiger partial charge on any atom is -0.394 e. The summed E-state index contributed by atoms with van der Waals surface area (Å²) in [6.07, 6.45) is 106. The van der Waals surface area contributed by atoms with E-state index in [1.165, 1.54) is 161 Å². The molecule has 0 fully saturated rings. The zero-order chi connectivity index (χ0) is 56.2. The summed E-state index contributed by atoms with van der Waals surface area (Å²) in [5, 5.41) is 23.2. The van der Waals surface area contributed by atoms with E-state index in [0.717, 1.165) is 116 Å². The average Bonchev–Trinajstić information content (AvgIpc) is 3.44. The minimum absolute atomic E-state index is 0.102. The second-order valence-electron chi connectivity index (χ2n) is 21.8. The van der Waals surface area contributed by atoms with Gasteiger partial charge in [-0.25, -0.2) is 0 Å². The van der Waals surface area contributed by atoms with Crippen LogP contribution in [0.3, 0.4) is 0 Å². The Morgan fingerprint density at radius 1 is 0.321 bits per heavy atom. The van der Waals surface area contributed by atoms with Gasteiger partial charge in [0.1, 0.15) is 0 Å². The van der Waals surface area contributed by atoms with Crippen LogP contribution in [0, 0.1) is 0 Å². The van der Waals surface area contributed by atoms with Crippen LogP contribution in [0.25, 0.3) is 0 Å². The zero-order valence-corrected chi connectivity index (χ0v) is 51.1. The lowest BCUT2D eigenvalue weighted by Crippen LogP contribution is -2.45. The summed E-state index contributed by atoms with van der Waals surface area (Å²) in [5.74, 6) is -0.102. The second-order valence-corrected chi connectivity index (χ2v) is 21.8. The van der Waals surface area contributed by atoms with Crippen LogP contribution in [0.2, 0.25) is 0 Å². The number of allylic oxidation sites excluding steroid dienone is 23. The van der Waals surface area contributed by atoms with Crippen LogP contribution >= 0.6 is 0 Å². The molecule has 0 bridgehead atoms. The number of amides is 1. The van der Waals surface area contributed by atoms with Gasteiger partial charge >= 0.3 is 0 Å². The normalized spacial score (nSPS) is 13.7. The molecule has 0 aliphatic rings. The lowest BCUT2D eigenvalue weighted by atomic mass is 10.0. The zero-order valence-electron chi connectivity index (χ0n) is 51.1. The van der Waals surface area contributed by atoms with Crippen molar-refractivity contribution < 1.29 is 15.0 Å². The highest BCUT2D eigenvalue weighted by atomic mass is 16.3. The van der Waals surface area contributed by atoms with Crippen LogP contribution in [0.4, 0.5) is 0 Å². The first-order chi connectivity index (χ1) is 38.7. The van der Waals surface area contributed by atoms with Gasteiger partial charge in [-0.1, -0.05) is 327 Å². The van der Waals surface area contributed by atoms with E-state index in [0.29, 0.717) is 6.42 Å². The van der Waals surface area contributed by atoms with Crippen molar-refractivity contribution >= 4 is 5.91 Å². The number of nitrogens with one attached hydrogen (secondary N) is 1. The molecule has 78 heavy (non-hydrogen) atoms. The van der Waals surface area contributed by atoms with Gasteiger partial charge < -0.3 is 15.5 Å². The highest BCUT2D eigenvalue weighted by Crippen LogP contribution is 2.17. The van der Waals surface area contributed by atoms with Crippen molar-refractivity contribution in [3.63, 3.8) is 0 Å². The fourth-order valence-corrected chi connectivity index (χ4v) is 9.34. The second kappa shape index (κ2) is 67.5. The van der Waals surface area contributed by atoms with Gasteiger partial charge in [-0.15, -0.1) is 0 Å². The Hall–Kier alpha value is -3.73. The van der Waals surface area contributed by atoms with E-state index >= 15 is 0 Å². The predicted octanol–water partition coefficient (Wildman–Crippen LogP) is 22.7. The molecule has 444 valence electrons. The van der Waals surface area contributed by atoms with Crippen LogP contribution in [0.15, 0.2) is 146 Å². The number of carbonyl (C=O) groups is 1. The smallest absolute Gasteiger partial charge is 0.220 e. The first-order valence-corrected chi connectivity index (χ1v) is 33.0. The molecule has 4 nitrogen and oxygen atoms in total. The largest absolute Gasteiger partial charge is 0.394 e. The Balaban J connectivity index is 3.64. The number of hydrogen-bond acceptors (Lipinski definition) is 3. The molecule has 0 heterocycles. The van der Waals surface area contributed by atoms with Crippen molar-refractivity contribution in [1.82, 2.24) is 5.32 Å². The van der Waals surface area contributed by atoms with Crippen LogP contribution in [0.5, 0.6) is 0 Å². The van der Waals surface area contributed by atoms with Crippen LogP contribution in [0.1, 0.15) is 296 Å². The third kappa shape index (κ3) is 63.1. The maximum absolute atomic E-state index is 12.5. The van der Waals surface area contributed by atoms with Gasteiger partial charge in [-0.3, -0.25) is 4.79 Å². The van der Waals surface area contributed by atoms with Gasteiger partial charge in [-0.2, -0.15) is 0 Å². The number of carbonyl (C=O) groups excluding carboxylic acids is 1. The molecular weight excluding hydrogens is 951 g/mol. The molecule has 0 saturated heterocycles. The molecule has 4 heteroatoms. The lowest BCUT2D eigenvalue weighted by molar-refractivity contribution is -0.123. The summed E-state index contributed by atoms with van der Waals surface area (Å²) in [7, 11) is 0. The van der Waals surface area contributed by atoms with Crippen molar-refractivity contribution in [2.45, 2.75) is 309 Å². The number of aliphatic hydroxyl groups is 2. The quantitative estimate of drug-likeness (QED) is 0.0420. The fourth-order valence-electron chi connectivity index (χ4n) is 9.34. The van der Waals surface area contributed by atoms with Gasteiger partial charge in [0, 0.05) is 6.42 Å². The molecule has 1 amide bonds. The molecule has 0 aliphatic heterocycles. The molecule has 2 unspecified atom stereocenters. The standard InChI is InChI=1S/C74H125NO3/c1-3-5-7-9-11-13-15-17-19-21-23-25-27-29-31-33-35-36-37-38-40-42-44-46-48-50-52-54-56-58-60-62-64-66-68-70-74(78)75-72(71-76)73(77)69-67-65-63-61-59-57-55-53-51-49-47-45-43-41-39-34-32-30-28-26-24-22-20-18-16-14-12-10-8-6-4-2/h5,7,11,13,17,19,23,25,29,31,35-36,38,40,44,46,50,52,56,58-59,61,67,69,72-73,76-77H,3-4,6,8-10,12,14-16,18,20-22,24,26-28,30,32-34,37,39,41-43,45,47-49,51,53-55,57,60,62-66,68,70-71H2,1-2H3,(H,75,78)/b7-5-,13-11-,19-17-,25-23-,31-29-,36-35-,40-38-,46-44-,52-50-,58-56-,61-59+,69-67+. The van der Waals surface area contributed by atoms with Gasteiger partial charge in [0.05, 0.1) is 18.8 Å². The van der Waals surface area contributed by atoms with Crippen molar-refractivity contribution in [1.29, 1.82) is 0 Å². The van der Waals surface area contributed by atoms with Crippen LogP contribution < -0.4 is 5.32 Å². The minimum atomic E-state index is -0.886. The Morgan fingerprint density at radius 2 is 0.577 bits per heavy atom. The van der Waals surface area contributed by atoms with Crippen molar-refractivity contribution in [2.75, 3.05) is 6.61 Å². The Labute approximate surface area is 484 Å². The summed E-state index contributed by atoms with van der Waals surface area (Å²) in [6, 6.07) is -0.666. The lowest BCUT2D eigenvalue weighted by Gasteiger charge is -2.19. The third-order valence-electron chi connectivity index (χ3n) is 14.3. The Kier molecular flexibility index (Phi) is 64.3. The molecule has 0 rings (SSSR count). The maximum atomic E-state index is 12.5. The summed E-state index contributed by atoms with van der Waals surface area (Å²) in [6.45, 7) is 4.19. The molecule has 0 aromatic carbocycles. The molecule has 0 aromatic rings. The van der Waals surface area contributed by atoms with Crippen molar-refractivity contribution in [3.05, 3.63) is 146 Å². The highest BCUT2D eigenvalue weighted by Gasteiger charge is 2.18. The molecule has 0 radical (unpaired) electrons. The van der Waals surface area contributed by atoms with Crippen LogP contribution in [-0.4, -0.2) is 34.9 Å². The van der Waals surface area contributed by atoms with E-state index in [1.807, 2.05) is 6.08 Å². The molecular formula is C74H125NO3. The molecule has 0 aromatic heterocycles. The number of hydrogen-bond donors (Lipinski definition) is 3. The molecule has 0 aliphatic carbocycles. The van der Waals surface area contributed by atoms with E-state index < -0.39 is 12.1 Å². The molecule has 0 spiro atoms. The number of unbranched alkanes of at least 4 members (excludes halogenated alkanes) is 30. The van der Waals surface area contributed by atoms with Gasteiger partial charge in [-0.05, 0) is 109 Å². The van der Waals surface area contributed by atoms with E-state index in [9.17, 15) is 15.0 Å². The Morgan fingerprint density at radius 3 is 0.897 bits per heavy atom. The number of aliphatic hydroxyl groups excluding tert-OH is 2. The number of rotatable bonds is 59. The summed E-state index contributed by atoms with van der Waals surface area (Å²) >= 11 is 0. The maximum Gasteiger partial charge on any atom is 0.220 e. The van der Waals surface area contributed by atoms with Gasteiger partial charge in [0.25, 0.3) is 0 Å². The average molecular weight is 1080 g/mol. The van der Waals surface area contributed by atoms with Gasteiger partial charge in [0.15, 0.2) is 0 Å². The van der Waals surface area contributed by atoms with Crippen molar-refractivity contribution in [3.8, 4) is 0 Å².